The van der Waals surface area contributed by atoms with Gasteiger partial charge in [-0.25, -0.2) is 0 Å². The van der Waals surface area contributed by atoms with Crippen molar-refractivity contribution in [2.24, 2.45) is 0 Å². The fraction of sp³-hybridized carbons (Fsp3) is 0.615. The average Bonchev–Trinajstić information content (AvgIpc) is 2.76. The minimum atomic E-state index is -0.695. The molecule has 96 valence electrons. The van der Waals surface area contributed by atoms with Crippen LogP contribution in [0.1, 0.15) is 31.1 Å². The standard InChI is InChI=1S/C13H21NO2S/c1-11(10-12-6-5-9-17-12)14(2)8-4-3-7-13(15)16/h5-6,9,11H,3-4,7-8,10H2,1-2H3,(H,15,16). The van der Waals surface area contributed by atoms with Crippen molar-refractivity contribution in [2.75, 3.05) is 13.6 Å². The molecule has 0 radical (unpaired) electrons. The third-order valence-corrected chi connectivity index (χ3v) is 3.88. The zero-order valence-corrected chi connectivity index (χ0v) is 11.4. The number of carboxylic acids is 1. The third-order valence-electron chi connectivity index (χ3n) is 2.98. The third kappa shape index (κ3) is 5.84. The molecular formula is C13H21NO2S. The highest BCUT2D eigenvalue weighted by atomic mass is 32.1. The summed E-state index contributed by atoms with van der Waals surface area (Å²) in [5.74, 6) is -0.695. The van der Waals surface area contributed by atoms with E-state index in [1.54, 1.807) is 11.3 Å². The Morgan fingerprint density at radius 1 is 1.53 bits per heavy atom. The lowest BCUT2D eigenvalue weighted by molar-refractivity contribution is -0.137. The van der Waals surface area contributed by atoms with Crippen molar-refractivity contribution in [1.29, 1.82) is 0 Å². The van der Waals surface area contributed by atoms with Crippen LogP contribution in [-0.4, -0.2) is 35.6 Å². The molecule has 0 aromatic carbocycles. The molecule has 0 aliphatic heterocycles. The summed E-state index contributed by atoms with van der Waals surface area (Å²) in [4.78, 5) is 14.1. The van der Waals surface area contributed by atoms with Gasteiger partial charge in [0.1, 0.15) is 0 Å². The number of aliphatic carboxylic acids is 1. The Bertz CT molecular complexity index is 324. The fourth-order valence-electron chi connectivity index (χ4n) is 1.73. The molecule has 0 saturated heterocycles. The van der Waals surface area contributed by atoms with E-state index in [9.17, 15) is 4.79 Å². The van der Waals surface area contributed by atoms with Gasteiger partial charge in [0.25, 0.3) is 0 Å². The molecule has 0 aliphatic rings. The van der Waals surface area contributed by atoms with Gasteiger partial charge in [0.05, 0.1) is 0 Å². The lowest BCUT2D eigenvalue weighted by Gasteiger charge is -2.24. The van der Waals surface area contributed by atoms with Crippen LogP contribution in [0.15, 0.2) is 17.5 Å². The van der Waals surface area contributed by atoms with E-state index in [2.05, 4.69) is 36.4 Å². The van der Waals surface area contributed by atoms with Gasteiger partial charge >= 0.3 is 5.97 Å². The molecule has 0 spiro atoms. The second kappa shape index (κ2) is 7.45. The first-order valence-electron chi connectivity index (χ1n) is 6.04. The molecule has 3 nitrogen and oxygen atoms in total. The van der Waals surface area contributed by atoms with Gasteiger partial charge in [-0.1, -0.05) is 6.07 Å². The summed E-state index contributed by atoms with van der Waals surface area (Å²) in [5.41, 5.74) is 0. The van der Waals surface area contributed by atoms with Crippen LogP contribution in [0.3, 0.4) is 0 Å². The lowest BCUT2D eigenvalue weighted by Crippen LogP contribution is -2.31. The molecule has 1 unspecified atom stereocenters. The molecule has 1 rings (SSSR count). The number of carbonyl (C=O) groups is 1. The number of likely N-dealkylation sites (N-methyl/N-ethyl adjacent to an activating group) is 1. The molecule has 4 heteroatoms. The van der Waals surface area contributed by atoms with Crippen LogP contribution in [0.25, 0.3) is 0 Å². The topological polar surface area (TPSA) is 40.5 Å². The monoisotopic (exact) mass is 255 g/mol. The highest BCUT2D eigenvalue weighted by Gasteiger charge is 2.10. The van der Waals surface area contributed by atoms with Gasteiger partial charge in [0.15, 0.2) is 0 Å². The molecule has 0 bridgehead atoms. The molecular weight excluding hydrogens is 234 g/mol. The van der Waals surface area contributed by atoms with Gasteiger partial charge < -0.3 is 10.0 Å². The summed E-state index contributed by atoms with van der Waals surface area (Å²) < 4.78 is 0. The molecule has 1 aromatic rings. The van der Waals surface area contributed by atoms with Gasteiger partial charge in [-0.2, -0.15) is 0 Å². The van der Waals surface area contributed by atoms with E-state index in [-0.39, 0.29) is 6.42 Å². The van der Waals surface area contributed by atoms with Gasteiger partial charge in [-0.3, -0.25) is 4.79 Å². The van der Waals surface area contributed by atoms with Gasteiger partial charge in [0, 0.05) is 17.3 Å². The Hall–Kier alpha value is -0.870. The normalized spacial score (nSPS) is 12.9. The zero-order chi connectivity index (χ0) is 12.7. The number of hydrogen-bond donors (Lipinski definition) is 1. The smallest absolute Gasteiger partial charge is 0.303 e. The first-order chi connectivity index (χ1) is 8.09. The first kappa shape index (κ1) is 14.2. The molecule has 17 heavy (non-hydrogen) atoms. The highest BCUT2D eigenvalue weighted by molar-refractivity contribution is 7.09. The van der Waals surface area contributed by atoms with Crippen LogP contribution in [-0.2, 0) is 11.2 Å². The van der Waals surface area contributed by atoms with Crippen LogP contribution in [0, 0.1) is 0 Å². The number of nitrogens with zero attached hydrogens (tertiary/aromatic N) is 1. The van der Waals surface area contributed by atoms with E-state index in [4.69, 9.17) is 5.11 Å². The minimum absolute atomic E-state index is 0.285. The predicted molar refractivity (Wildman–Crippen MR) is 71.6 cm³/mol. The Balaban J connectivity index is 2.18. The fourth-order valence-corrected chi connectivity index (χ4v) is 2.56. The Kier molecular flexibility index (Phi) is 6.22. The van der Waals surface area contributed by atoms with Crippen molar-refractivity contribution in [3.8, 4) is 0 Å². The van der Waals surface area contributed by atoms with Crippen LogP contribution in [0.5, 0.6) is 0 Å². The molecule has 0 fully saturated rings. The second-order valence-electron chi connectivity index (χ2n) is 4.46. The van der Waals surface area contributed by atoms with Crippen LogP contribution >= 0.6 is 11.3 Å². The Morgan fingerprint density at radius 3 is 2.88 bits per heavy atom. The Morgan fingerprint density at radius 2 is 2.29 bits per heavy atom. The van der Waals surface area contributed by atoms with Crippen LogP contribution in [0.4, 0.5) is 0 Å². The van der Waals surface area contributed by atoms with Gasteiger partial charge in [0.2, 0.25) is 0 Å². The van der Waals surface area contributed by atoms with Crippen molar-refractivity contribution in [1.82, 2.24) is 4.90 Å². The number of rotatable bonds is 8. The largest absolute Gasteiger partial charge is 0.481 e. The predicted octanol–water partition coefficient (Wildman–Crippen LogP) is 2.87. The van der Waals surface area contributed by atoms with Crippen LogP contribution < -0.4 is 0 Å². The highest BCUT2D eigenvalue weighted by Crippen LogP contribution is 2.13. The molecule has 1 N–H and O–H groups in total. The summed E-state index contributed by atoms with van der Waals surface area (Å²) in [7, 11) is 2.11. The quantitative estimate of drug-likeness (QED) is 0.726. The van der Waals surface area contributed by atoms with E-state index in [1.807, 2.05) is 0 Å². The van der Waals surface area contributed by atoms with E-state index >= 15 is 0 Å². The molecule has 1 heterocycles. The first-order valence-corrected chi connectivity index (χ1v) is 6.92. The summed E-state index contributed by atoms with van der Waals surface area (Å²) in [6.45, 7) is 3.19. The van der Waals surface area contributed by atoms with Crippen molar-refractivity contribution in [2.45, 2.75) is 38.6 Å². The minimum Gasteiger partial charge on any atom is -0.481 e. The number of unbranched alkanes of at least 4 members (excludes halogenated alkanes) is 1. The van der Waals surface area contributed by atoms with Gasteiger partial charge in [-0.05, 0) is 51.2 Å². The number of hydrogen-bond acceptors (Lipinski definition) is 3. The second-order valence-corrected chi connectivity index (χ2v) is 5.50. The Labute approximate surface area is 107 Å². The summed E-state index contributed by atoms with van der Waals surface area (Å²) >= 11 is 1.80. The SMILES string of the molecule is CC(Cc1cccs1)N(C)CCCCC(=O)O. The average molecular weight is 255 g/mol. The summed E-state index contributed by atoms with van der Waals surface area (Å²) in [6.07, 6.45) is 3.09. The maximum atomic E-state index is 10.4. The van der Waals surface area contributed by atoms with Crippen molar-refractivity contribution < 1.29 is 9.90 Å². The lowest BCUT2D eigenvalue weighted by atomic mass is 10.1. The molecule has 0 aliphatic carbocycles. The van der Waals surface area contributed by atoms with E-state index in [1.165, 1.54) is 4.88 Å². The van der Waals surface area contributed by atoms with E-state index in [0.717, 1.165) is 25.8 Å². The molecule has 0 saturated carbocycles. The molecule has 0 amide bonds. The molecule has 1 atom stereocenters. The van der Waals surface area contributed by atoms with Gasteiger partial charge in [-0.15, -0.1) is 11.3 Å². The van der Waals surface area contributed by atoms with Crippen molar-refractivity contribution in [3.63, 3.8) is 0 Å². The maximum Gasteiger partial charge on any atom is 0.303 e. The maximum absolute atomic E-state index is 10.4. The van der Waals surface area contributed by atoms with Crippen molar-refractivity contribution in [3.05, 3.63) is 22.4 Å². The van der Waals surface area contributed by atoms with Crippen molar-refractivity contribution >= 4 is 17.3 Å². The number of thiophene rings is 1. The van der Waals surface area contributed by atoms with E-state index < -0.39 is 5.97 Å². The molecule has 1 aromatic heterocycles. The summed E-state index contributed by atoms with van der Waals surface area (Å²) in [5, 5.41) is 10.7. The van der Waals surface area contributed by atoms with E-state index in [0.29, 0.717) is 6.04 Å². The number of carboxylic acid groups (broad SMARTS) is 1. The van der Waals surface area contributed by atoms with Crippen LogP contribution in [0.2, 0.25) is 0 Å². The summed E-state index contributed by atoms with van der Waals surface area (Å²) in [6, 6.07) is 4.76. The zero-order valence-electron chi connectivity index (χ0n) is 10.6.